The lowest BCUT2D eigenvalue weighted by atomic mass is 10.5. The van der Waals surface area contributed by atoms with Crippen LogP contribution in [0.2, 0.25) is 0 Å². The van der Waals surface area contributed by atoms with Crippen molar-refractivity contribution < 1.29 is 14.6 Å². The molecule has 0 aromatic rings. The van der Waals surface area contributed by atoms with Crippen molar-refractivity contribution >= 4 is 5.97 Å². The SMILES string of the molecule is CC#COC(=O)CCO. The average molecular weight is 128 g/mol. The minimum atomic E-state index is -0.494. The normalized spacial score (nSPS) is 7.33. The second-order valence-electron chi connectivity index (χ2n) is 1.30. The highest BCUT2D eigenvalue weighted by atomic mass is 16.5. The summed E-state index contributed by atoms with van der Waals surface area (Å²) in [5.41, 5.74) is 0. The van der Waals surface area contributed by atoms with Crippen molar-refractivity contribution in [2.75, 3.05) is 6.61 Å². The first-order valence-corrected chi connectivity index (χ1v) is 2.53. The first-order valence-electron chi connectivity index (χ1n) is 2.53. The molecule has 0 spiro atoms. The molecule has 0 aliphatic carbocycles. The van der Waals surface area contributed by atoms with E-state index in [4.69, 9.17) is 5.11 Å². The second kappa shape index (κ2) is 5.13. The third-order valence-corrected chi connectivity index (χ3v) is 0.583. The number of hydrogen-bond acceptors (Lipinski definition) is 3. The fraction of sp³-hybridized carbons (Fsp3) is 0.500. The van der Waals surface area contributed by atoms with E-state index in [-0.39, 0.29) is 13.0 Å². The largest absolute Gasteiger partial charge is 0.396 e. The van der Waals surface area contributed by atoms with Crippen LogP contribution in [-0.4, -0.2) is 17.7 Å². The van der Waals surface area contributed by atoms with Crippen molar-refractivity contribution in [1.82, 2.24) is 0 Å². The molecule has 0 unspecified atom stereocenters. The number of aliphatic hydroxyl groups is 1. The fourth-order valence-corrected chi connectivity index (χ4v) is 0.250. The molecule has 0 aliphatic heterocycles. The molecule has 0 heterocycles. The molecule has 0 saturated heterocycles. The van der Waals surface area contributed by atoms with Crippen molar-refractivity contribution in [2.24, 2.45) is 0 Å². The van der Waals surface area contributed by atoms with Gasteiger partial charge in [0.1, 0.15) is 6.11 Å². The maximum atomic E-state index is 10.3. The Kier molecular flexibility index (Phi) is 4.56. The molecule has 0 saturated carbocycles. The van der Waals surface area contributed by atoms with Crippen LogP contribution in [-0.2, 0) is 9.53 Å². The third-order valence-electron chi connectivity index (χ3n) is 0.583. The molecule has 0 aliphatic rings. The summed E-state index contributed by atoms with van der Waals surface area (Å²) in [5.74, 6) is 1.89. The molecule has 0 rings (SSSR count). The van der Waals surface area contributed by atoms with E-state index < -0.39 is 5.97 Å². The Hall–Kier alpha value is -1.01. The van der Waals surface area contributed by atoms with Gasteiger partial charge in [0.2, 0.25) is 0 Å². The van der Waals surface area contributed by atoms with E-state index in [9.17, 15) is 4.79 Å². The zero-order chi connectivity index (χ0) is 7.11. The molecular formula is C6H8O3. The van der Waals surface area contributed by atoms with E-state index in [0.717, 1.165) is 0 Å². The first-order chi connectivity index (χ1) is 4.31. The smallest absolute Gasteiger partial charge is 0.322 e. The van der Waals surface area contributed by atoms with Crippen LogP contribution in [0.25, 0.3) is 0 Å². The molecule has 3 nitrogen and oxygen atoms in total. The molecule has 0 atom stereocenters. The van der Waals surface area contributed by atoms with Gasteiger partial charge in [-0.15, -0.1) is 0 Å². The highest BCUT2D eigenvalue weighted by molar-refractivity contribution is 5.70. The molecule has 1 N–H and O–H groups in total. The highest BCUT2D eigenvalue weighted by Crippen LogP contribution is 1.81. The van der Waals surface area contributed by atoms with E-state index >= 15 is 0 Å². The molecule has 0 aromatic heterocycles. The standard InChI is InChI=1S/C6H8O3/c1-2-5-9-6(8)3-4-7/h7H,3-4H2,1H3. The van der Waals surface area contributed by atoms with Crippen LogP contribution < -0.4 is 0 Å². The predicted octanol–water partition coefficient (Wildman–Crippen LogP) is -0.107. The van der Waals surface area contributed by atoms with Crippen LogP contribution >= 0.6 is 0 Å². The lowest BCUT2D eigenvalue weighted by molar-refractivity contribution is -0.137. The molecule has 0 fully saturated rings. The zero-order valence-electron chi connectivity index (χ0n) is 5.18. The van der Waals surface area contributed by atoms with Gasteiger partial charge in [0.15, 0.2) is 0 Å². The van der Waals surface area contributed by atoms with Gasteiger partial charge in [-0.25, -0.2) is 0 Å². The second-order valence-corrected chi connectivity index (χ2v) is 1.30. The summed E-state index contributed by atoms with van der Waals surface area (Å²) in [7, 11) is 0. The van der Waals surface area contributed by atoms with E-state index in [1.165, 1.54) is 0 Å². The number of hydrogen-bond donors (Lipinski definition) is 1. The van der Waals surface area contributed by atoms with Crippen molar-refractivity contribution in [2.45, 2.75) is 13.3 Å². The summed E-state index contributed by atoms with van der Waals surface area (Å²) in [6, 6.07) is 0. The van der Waals surface area contributed by atoms with E-state index in [2.05, 4.69) is 16.8 Å². The number of esters is 1. The van der Waals surface area contributed by atoms with Crippen LogP contribution in [0.4, 0.5) is 0 Å². The molecule has 0 aromatic carbocycles. The van der Waals surface area contributed by atoms with E-state index in [1.807, 2.05) is 0 Å². The Morgan fingerprint density at radius 3 is 2.89 bits per heavy atom. The van der Waals surface area contributed by atoms with E-state index in [1.54, 1.807) is 6.92 Å². The number of carbonyl (C=O) groups excluding carboxylic acids is 1. The van der Waals surface area contributed by atoms with Crippen molar-refractivity contribution in [3.8, 4) is 12.0 Å². The lowest BCUT2D eigenvalue weighted by Gasteiger charge is -1.89. The maximum Gasteiger partial charge on any atom is 0.322 e. The number of ether oxygens (including phenoxy) is 1. The van der Waals surface area contributed by atoms with Gasteiger partial charge >= 0.3 is 5.97 Å². The van der Waals surface area contributed by atoms with Crippen LogP contribution in [0.3, 0.4) is 0 Å². The Labute approximate surface area is 53.6 Å². The van der Waals surface area contributed by atoms with Gasteiger partial charge in [-0.3, -0.25) is 4.79 Å². The van der Waals surface area contributed by atoms with Gasteiger partial charge in [0.25, 0.3) is 0 Å². The highest BCUT2D eigenvalue weighted by Gasteiger charge is 1.96. The molecule has 0 amide bonds. The van der Waals surface area contributed by atoms with Gasteiger partial charge < -0.3 is 9.84 Å². The quantitative estimate of drug-likeness (QED) is 0.417. The predicted molar refractivity (Wildman–Crippen MR) is 31.2 cm³/mol. The van der Waals surface area contributed by atoms with Gasteiger partial charge in [-0.2, -0.15) is 0 Å². The average Bonchev–Trinajstić information content (AvgIpc) is 1.85. The molecular weight excluding hydrogens is 120 g/mol. The van der Waals surface area contributed by atoms with Gasteiger partial charge in [0.05, 0.1) is 13.0 Å². The summed E-state index contributed by atoms with van der Waals surface area (Å²) >= 11 is 0. The zero-order valence-corrected chi connectivity index (χ0v) is 5.18. The molecule has 9 heavy (non-hydrogen) atoms. The van der Waals surface area contributed by atoms with E-state index in [0.29, 0.717) is 0 Å². The van der Waals surface area contributed by atoms with Crippen LogP contribution in [0.15, 0.2) is 0 Å². The van der Waals surface area contributed by atoms with Crippen molar-refractivity contribution in [3.63, 3.8) is 0 Å². The maximum absolute atomic E-state index is 10.3. The molecule has 3 heteroatoms. The summed E-state index contributed by atoms with van der Waals surface area (Å²) in [5, 5.41) is 8.19. The Morgan fingerprint density at radius 1 is 1.78 bits per heavy atom. The topological polar surface area (TPSA) is 46.5 Å². The van der Waals surface area contributed by atoms with Gasteiger partial charge in [-0.05, 0) is 0 Å². The Morgan fingerprint density at radius 2 is 2.44 bits per heavy atom. The minimum Gasteiger partial charge on any atom is -0.396 e. The van der Waals surface area contributed by atoms with Gasteiger partial charge in [-0.1, -0.05) is 5.92 Å². The Balaban J connectivity index is 3.35. The van der Waals surface area contributed by atoms with Gasteiger partial charge in [0, 0.05) is 6.92 Å². The van der Waals surface area contributed by atoms with Crippen LogP contribution in [0, 0.1) is 12.0 Å². The van der Waals surface area contributed by atoms with Crippen molar-refractivity contribution in [1.29, 1.82) is 0 Å². The minimum absolute atomic E-state index is 0.00861. The molecule has 50 valence electrons. The summed E-state index contributed by atoms with van der Waals surface area (Å²) in [6.45, 7) is 1.37. The third kappa shape index (κ3) is 4.85. The summed E-state index contributed by atoms with van der Waals surface area (Å²) in [4.78, 5) is 10.3. The number of aliphatic hydroxyl groups excluding tert-OH is 1. The first kappa shape index (κ1) is 7.99. The number of rotatable bonds is 2. The van der Waals surface area contributed by atoms with Crippen LogP contribution in [0.5, 0.6) is 0 Å². The molecule has 0 bridgehead atoms. The molecule has 0 radical (unpaired) electrons. The van der Waals surface area contributed by atoms with Crippen molar-refractivity contribution in [3.05, 3.63) is 0 Å². The fourth-order valence-electron chi connectivity index (χ4n) is 0.250. The Bertz CT molecular complexity index is 140. The summed E-state index contributed by atoms with van der Waals surface area (Å²) in [6.07, 6.45) is 2.13. The lowest BCUT2D eigenvalue weighted by Crippen LogP contribution is -2.01. The number of carbonyl (C=O) groups is 1. The summed E-state index contributed by atoms with van der Waals surface area (Å²) < 4.78 is 4.27. The van der Waals surface area contributed by atoms with Crippen LogP contribution in [0.1, 0.15) is 13.3 Å². The monoisotopic (exact) mass is 128 g/mol.